The maximum Gasteiger partial charge on any atom is 0.269 e. The monoisotopic (exact) mass is 400 g/mol. The number of nitro benzene ring substituents is 1. The molecule has 2 N–H and O–H groups in total. The molecule has 0 aliphatic rings. The summed E-state index contributed by atoms with van der Waals surface area (Å²) in [6, 6.07) is 13.4. The Morgan fingerprint density at radius 2 is 1.71 bits per heavy atom. The number of rotatable bonds is 8. The van der Waals surface area contributed by atoms with Crippen molar-refractivity contribution in [3.8, 4) is 0 Å². The van der Waals surface area contributed by atoms with Crippen LogP contribution >= 0.6 is 11.8 Å². The molecule has 9 heteroatoms. The van der Waals surface area contributed by atoms with E-state index in [0.29, 0.717) is 17.2 Å². The molecule has 2 rings (SSSR count). The molecule has 0 atom stereocenters. The summed E-state index contributed by atoms with van der Waals surface area (Å²) in [7, 11) is 0. The number of carbonyl (C=O) groups is 2. The van der Waals surface area contributed by atoms with Gasteiger partial charge in [0.15, 0.2) is 0 Å². The van der Waals surface area contributed by atoms with Crippen LogP contribution in [0.1, 0.15) is 25.0 Å². The second kappa shape index (κ2) is 10.2. The molecule has 0 saturated heterocycles. The Bertz CT molecular complexity index is 880. The Kier molecular flexibility index (Phi) is 7.70. The number of carbonyl (C=O) groups excluding carboxylic acids is 2. The van der Waals surface area contributed by atoms with Crippen molar-refractivity contribution < 1.29 is 14.5 Å². The molecule has 2 aromatic carbocycles. The lowest BCUT2D eigenvalue weighted by molar-refractivity contribution is -0.384. The standard InChI is InChI=1S/C19H20N4O4S/c1-13(16-5-7-17(8-6-16)20-14(2)24)21-22-19(25)12-28-11-15-3-9-18(10-4-15)23(26)27/h3-10H,11-12H2,1-2H3,(H,20,24)(H,22,25)/b21-13+. The number of nitrogens with zero attached hydrogens (tertiary/aromatic N) is 2. The first-order valence-electron chi connectivity index (χ1n) is 8.37. The summed E-state index contributed by atoms with van der Waals surface area (Å²) in [4.78, 5) is 33.1. The summed E-state index contributed by atoms with van der Waals surface area (Å²) in [6.07, 6.45) is 0. The quantitative estimate of drug-likeness (QED) is 0.401. The summed E-state index contributed by atoms with van der Waals surface area (Å²) in [6.45, 7) is 3.22. The Balaban J connectivity index is 1.79. The normalized spacial score (nSPS) is 11.0. The fraction of sp³-hybridized carbons (Fsp3) is 0.211. The third-order valence-electron chi connectivity index (χ3n) is 3.62. The molecule has 146 valence electrons. The molecule has 0 heterocycles. The summed E-state index contributed by atoms with van der Waals surface area (Å²) in [5.74, 6) is 0.409. The third kappa shape index (κ3) is 6.84. The van der Waals surface area contributed by atoms with Gasteiger partial charge in [0.1, 0.15) is 0 Å². The number of anilines is 1. The van der Waals surface area contributed by atoms with Crippen LogP contribution in [0.25, 0.3) is 0 Å². The van der Waals surface area contributed by atoms with E-state index in [1.165, 1.54) is 30.8 Å². The van der Waals surface area contributed by atoms with E-state index < -0.39 is 4.92 Å². The van der Waals surface area contributed by atoms with Crippen LogP contribution in [0.4, 0.5) is 11.4 Å². The largest absolute Gasteiger partial charge is 0.326 e. The van der Waals surface area contributed by atoms with Crippen molar-refractivity contribution in [1.29, 1.82) is 0 Å². The van der Waals surface area contributed by atoms with Gasteiger partial charge in [-0.05, 0) is 30.2 Å². The van der Waals surface area contributed by atoms with Gasteiger partial charge >= 0.3 is 0 Å². The van der Waals surface area contributed by atoms with E-state index in [1.54, 1.807) is 43.3 Å². The first-order valence-corrected chi connectivity index (χ1v) is 9.53. The molecule has 0 unspecified atom stereocenters. The zero-order chi connectivity index (χ0) is 20.5. The minimum Gasteiger partial charge on any atom is -0.326 e. The number of hydrazone groups is 1. The van der Waals surface area contributed by atoms with E-state index in [2.05, 4.69) is 15.8 Å². The van der Waals surface area contributed by atoms with Gasteiger partial charge in [-0.3, -0.25) is 19.7 Å². The van der Waals surface area contributed by atoms with Crippen molar-refractivity contribution in [2.75, 3.05) is 11.1 Å². The number of hydrogen-bond donors (Lipinski definition) is 2. The number of hydrogen-bond acceptors (Lipinski definition) is 6. The van der Waals surface area contributed by atoms with Gasteiger partial charge in [0, 0.05) is 30.5 Å². The molecule has 2 amide bonds. The molecule has 28 heavy (non-hydrogen) atoms. The third-order valence-corrected chi connectivity index (χ3v) is 4.62. The van der Waals surface area contributed by atoms with Gasteiger partial charge < -0.3 is 5.32 Å². The SMILES string of the molecule is CC(=O)Nc1ccc(/C(C)=N/NC(=O)CSCc2ccc([N+](=O)[O-])cc2)cc1. The minimum absolute atomic E-state index is 0.0430. The van der Waals surface area contributed by atoms with E-state index >= 15 is 0 Å². The Morgan fingerprint density at radius 3 is 2.29 bits per heavy atom. The molecular formula is C19H20N4O4S. The molecule has 0 spiro atoms. The van der Waals surface area contributed by atoms with Crippen molar-refractivity contribution in [3.63, 3.8) is 0 Å². The Hall–Kier alpha value is -3.20. The van der Waals surface area contributed by atoms with Crippen molar-refractivity contribution in [1.82, 2.24) is 5.43 Å². The lowest BCUT2D eigenvalue weighted by Gasteiger charge is -2.05. The van der Waals surface area contributed by atoms with Crippen molar-refractivity contribution in [2.45, 2.75) is 19.6 Å². The van der Waals surface area contributed by atoms with Crippen LogP contribution in [0.2, 0.25) is 0 Å². The highest BCUT2D eigenvalue weighted by Crippen LogP contribution is 2.16. The average Bonchev–Trinajstić information content (AvgIpc) is 2.66. The van der Waals surface area contributed by atoms with E-state index in [0.717, 1.165) is 11.1 Å². The second-order valence-corrected chi connectivity index (χ2v) is 6.89. The van der Waals surface area contributed by atoms with Crippen molar-refractivity contribution in [3.05, 3.63) is 69.8 Å². The van der Waals surface area contributed by atoms with E-state index in [-0.39, 0.29) is 23.3 Å². The van der Waals surface area contributed by atoms with Gasteiger partial charge in [-0.15, -0.1) is 11.8 Å². The highest BCUT2D eigenvalue weighted by atomic mass is 32.2. The van der Waals surface area contributed by atoms with Gasteiger partial charge in [-0.2, -0.15) is 5.10 Å². The van der Waals surface area contributed by atoms with E-state index in [4.69, 9.17) is 0 Å². The lowest BCUT2D eigenvalue weighted by Crippen LogP contribution is -2.21. The summed E-state index contributed by atoms with van der Waals surface area (Å²) < 4.78 is 0. The molecule has 8 nitrogen and oxygen atoms in total. The molecule has 0 aliphatic heterocycles. The van der Waals surface area contributed by atoms with Crippen LogP contribution in [0.5, 0.6) is 0 Å². The maximum atomic E-state index is 11.9. The van der Waals surface area contributed by atoms with Crippen LogP contribution in [0, 0.1) is 10.1 Å². The van der Waals surface area contributed by atoms with Gasteiger partial charge in [-0.1, -0.05) is 24.3 Å². The fourth-order valence-corrected chi connectivity index (χ4v) is 3.00. The van der Waals surface area contributed by atoms with Gasteiger partial charge in [0.05, 0.1) is 16.4 Å². The zero-order valence-electron chi connectivity index (χ0n) is 15.5. The first-order chi connectivity index (χ1) is 13.3. The molecule has 0 saturated carbocycles. The van der Waals surface area contributed by atoms with E-state index in [1.807, 2.05) is 0 Å². The minimum atomic E-state index is -0.446. The van der Waals surface area contributed by atoms with Crippen molar-refractivity contribution >= 4 is 40.7 Å². The predicted octanol–water partition coefficient (Wildman–Crippen LogP) is 3.33. The van der Waals surface area contributed by atoms with Gasteiger partial charge in [0.2, 0.25) is 11.8 Å². The second-order valence-electron chi connectivity index (χ2n) is 5.91. The summed E-state index contributed by atoms with van der Waals surface area (Å²) >= 11 is 1.39. The van der Waals surface area contributed by atoms with Crippen molar-refractivity contribution in [2.24, 2.45) is 5.10 Å². The maximum absolute atomic E-state index is 11.9. The van der Waals surface area contributed by atoms with Crippen LogP contribution < -0.4 is 10.7 Å². The first kappa shape index (κ1) is 21.1. The zero-order valence-corrected chi connectivity index (χ0v) is 16.3. The lowest BCUT2D eigenvalue weighted by atomic mass is 10.1. The van der Waals surface area contributed by atoms with Crippen LogP contribution in [-0.4, -0.2) is 28.2 Å². The van der Waals surface area contributed by atoms with Gasteiger partial charge in [0.25, 0.3) is 5.69 Å². The molecular weight excluding hydrogens is 380 g/mol. The van der Waals surface area contributed by atoms with Crippen LogP contribution in [-0.2, 0) is 15.3 Å². The molecule has 0 aliphatic carbocycles. The van der Waals surface area contributed by atoms with Crippen LogP contribution in [0.3, 0.4) is 0 Å². The molecule has 2 aromatic rings. The number of nitrogens with one attached hydrogen (secondary N) is 2. The van der Waals surface area contributed by atoms with Crippen LogP contribution in [0.15, 0.2) is 53.6 Å². The highest BCUT2D eigenvalue weighted by Gasteiger charge is 2.06. The predicted molar refractivity (Wildman–Crippen MR) is 110 cm³/mol. The molecule has 0 aromatic heterocycles. The number of benzene rings is 2. The van der Waals surface area contributed by atoms with E-state index in [9.17, 15) is 19.7 Å². The summed E-state index contributed by atoms with van der Waals surface area (Å²) in [5, 5.41) is 17.4. The van der Waals surface area contributed by atoms with Gasteiger partial charge in [-0.25, -0.2) is 5.43 Å². The Morgan fingerprint density at radius 1 is 1.07 bits per heavy atom. The Labute approximate surface area is 166 Å². The number of nitro groups is 1. The highest BCUT2D eigenvalue weighted by molar-refractivity contribution is 7.99. The smallest absolute Gasteiger partial charge is 0.269 e. The molecule has 0 fully saturated rings. The topological polar surface area (TPSA) is 114 Å². The number of non-ortho nitro benzene ring substituents is 1. The molecule has 0 radical (unpaired) electrons. The summed E-state index contributed by atoms with van der Waals surface area (Å²) in [5.41, 5.74) is 5.61. The average molecular weight is 400 g/mol. The number of thioether (sulfide) groups is 1. The molecule has 0 bridgehead atoms. The number of amides is 2. The fourth-order valence-electron chi connectivity index (χ4n) is 2.22.